The molecule has 0 radical (unpaired) electrons. The Morgan fingerprint density at radius 2 is 1.67 bits per heavy atom. The van der Waals surface area contributed by atoms with Gasteiger partial charge in [-0.3, -0.25) is 9.59 Å². The molecule has 0 fully saturated rings. The van der Waals surface area contributed by atoms with Gasteiger partial charge in [0.05, 0.1) is 6.04 Å². The molecule has 1 aromatic heterocycles. The van der Waals surface area contributed by atoms with Crippen LogP contribution in [0.15, 0.2) is 89.7 Å². The van der Waals surface area contributed by atoms with Crippen LogP contribution in [0.3, 0.4) is 0 Å². The fraction of sp³-hybridized carbons (Fsp3) is 0.154. The molecule has 4 nitrogen and oxygen atoms in total. The predicted molar refractivity (Wildman–Crippen MR) is 119 cm³/mol. The summed E-state index contributed by atoms with van der Waals surface area (Å²) in [4.78, 5) is 30.8. The molecule has 0 spiro atoms. The van der Waals surface area contributed by atoms with Crippen molar-refractivity contribution in [3.05, 3.63) is 118 Å². The minimum Gasteiger partial charge on any atom is -0.330 e. The van der Waals surface area contributed by atoms with E-state index in [0.717, 1.165) is 18.2 Å². The van der Waals surface area contributed by atoms with Crippen LogP contribution in [-0.4, -0.2) is 22.3 Å². The first-order chi connectivity index (χ1) is 14.7. The Bertz CT molecular complexity index is 1280. The number of nitrogens with zero attached hydrogens (tertiary/aromatic N) is 1. The maximum Gasteiger partial charge on any atom is 0.270 e. The molecule has 5 rings (SSSR count). The second-order valence-corrected chi connectivity index (χ2v) is 7.75. The van der Waals surface area contributed by atoms with Gasteiger partial charge < -0.3 is 9.88 Å². The van der Waals surface area contributed by atoms with Crippen LogP contribution in [-0.2, 0) is 12.8 Å². The van der Waals surface area contributed by atoms with E-state index >= 15 is 0 Å². The van der Waals surface area contributed by atoms with Gasteiger partial charge in [-0.05, 0) is 47.1 Å². The first kappa shape index (κ1) is 18.4. The molecule has 2 heterocycles. The van der Waals surface area contributed by atoms with E-state index in [9.17, 15) is 9.59 Å². The lowest BCUT2D eigenvalue weighted by atomic mass is 9.88. The molecule has 30 heavy (non-hydrogen) atoms. The van der Waals surface area contributed by atoms with Crippen LogP contribution in [0, 0.1) is 0 Å². The second kappa shape index (κ2) is 7.64. The monoisotopic (exact) mass is 394 g/mol. The lowest BCUT2D eigenvalue weighted by Crippen LogP contribution is -2.41. The van der Waals surface area contributed by atoms with Gasteiger partial charge in [0.2, 0.25) is 0 Å². The smallest absolute Gasteiger partial charge is 0.270 e. The molecule has 1 amide bonds. The summed E-state index contributed by atoms with van der Waals surface area (Å²) >= 11 is 0. The normalized spacial score (nSPS) is 15.7. The van der Waals surface area contributed by atoms with Crippen LogP contribution >= 0.6 is 0 Å². The van der Waals surface area contributed by atoms with E-state index in [-0.39, 0.29) is 17.5 Å². The number of carbonyl (C=O) groups is 1. The van der Waals surface area contributed by atoms with E-state index in [2.05, 4.69) is 35.3 Å². The highest BCUT2D eigenvalue weighted by Crippen LogP contribution is 2.33. The van der Waals surface area contributed by atoms with E-state index in [4.69, 9.17) is 0 Å². The second-order valence-electron chi connectivity index (χ2n) is 7.75. The van der Waals surface area contributed by atoms with Crippen molar-refractivity contribution in [1.82, 2.24) is 9.88 Å². The molecule has 1 aliphatic heterocycles. The molecule has 1 atom stereocenters. The Hall–Kier alpha value is -3.66. The number of H-pyrrole nitrogens is 1. The Balaban J connectivity index is 1.56. The summed E-state index contributed by atoms with van der Waals surface area (Å²) in [5.41, 5.74) is 3.77. The topological polar surface area (TPSA) is 53.2 Å². The molecule has 0 bridgehead atoms. The van der Waals surface area contributed by atoms with Crippen molar-refractivity contribution < 1.29 is 4.79 Å². The van der Waals surface area contributed by atoms with Gasteiger partial charge in [0.25, 0.3) is 11.5 Å². The molecule has 1 N–H and O–H groups in total. The molecule has 1 aliphatic rings. The van der Waals surface area contributed by atoms with Gasteiger partial charge in [-0.25, -0.2) is 0 Å². The minimum atomic E-state index is -0.228. The average Bonchev–Trinajstić information content (AvgIpc) is 2.79. The summed E-state index contributed by atoms with van der Waals surface area (Å²) in [5.74, 6) is -0.131. The number of benzene rings is 3. The molecular formula is C26H22N2O2. The van der Waals surface area contributed by atoms with Crippen LogP contribution in [0.1, 0.15) is 33.2 Å². The zero-order chi connectivity index (χ0) is 20.5. The zero-order valence-electron chi connectivity index (χ0n) is 16.5. The molecular weight excluding hydrogens is 372 g/mol. The number of aromatic nitrogens is 1. The zero-order valence-corrected chi connectivity index (χ0v) is 16.5. The molecule has 0 saturated carbocycles. The van der Waals surface area contributed by atoms with Crippen molar-refractivity contribution in [2.75, 3.05) is 6.54 Å². The fourth-order valence-electron chi connectivity index (χ4n) is 4.43. The molecule has 3 aromatic carbocycles. The Kier molecular flexibility index (Phi) is 4.68. The molecule has 148 valence electrons. The van der Waals surface area contributed by atoms with E-state index in [0.29, 0.717) is 17.6 Å². The van der Waals surface area contributed by atoms with Gasteiger partial charge in [0.15, 0.2) is 0 Å². The third kappa shape index (κ3) is 3.30. The molecule has 0 aliphatic carbocycles. The highest BCUT2D eigenvalue weighted by molar-refractivity contribution is 5.96. The van der Waals surface area contributed by atoms with Crippen molar-refractivity contribution in [1.29, 1.82) is 0 Å². The van der Waals surface area contributed by atoms with E-state index in [1.807, 2.05) is 47.4 Å². The van der Waals surface area contributed by atoms with Crippen LogP contribution in [0.2, 0.25) is 0 Å². The number of hydrogen-bond acceptors (Lipinski definition) is 2. The Morgan fingerprint density at radius 1 is 0.933 bits per heavy atom. The largest absolute Gasteiger partial charge is 0.330 e. The maximum atomic E-state index is 13.6. The molecule has 0 saturated heterocycles. The van der Waals surface area contributed by atoms with Crippen LogP contribution in [0.5, 0.6) is 0 Å². The summed E-state index contributed by atoms with van der Waals surface area (Å²) in [6, 6.07) is 27.7. The first-order valence-electron chi connectivity index (χ1n) is 10.3. The van der Waals surface area contributed by atoms with E-state index in [1.165, 1.54) is 16.7 Å². The number of pyridine rings is 1. The van der Waals surface area contributed by atoms with Gasteiger partial charge in [-0.15, -0.1) is 0 Å². The van der Waals surface area contributed by atoms with Crippen LogP contribution < -0.4 is 5.56 Å². The van der Waals surface area contributed by atoms with Gasteiger partial charge in [-0.2, -0.15) is 0 Å². The quantitative estimate of drug-likeness (QED) is 0.556. The Labute approximate surface area is 174 Å². The number of nitrogens with one attached hydrogen (secondary N) is 1. The molecule has 4 heteroatoms. The summed E-state index contributed by atoms with van der Waals surface area (Å²) < 4.78 is 0. The number of fused-ring (bicyclic) bond motifs is 2. The summed E-state index contributed by atoms with van der Waals surface area (Å²) in [7, 11) is 0. The fourth-order valence-corrected chi connectivity index (χ4v) is 4.43. The van der Waals surface area contributed by atoms with E-state index < -0.39 is 0 Å². The van der Waals surface area contributed by atoms with Crippen molar-refractivity contribution in [2.45, 2.75) is 18.9 Å². The van der Waals surface area contributed by atoms with Crippen molar-refractivity contribution >= 4 is 16.7 Å². The lowest BCUT2D eigenvalue weighted by Gasteiger charge is -2.37. The Morgan fingerprint density at radius 3 is 2.53 bits per heavy atom. The summed E-state index contributed by atoms with van der Waals surface area (Å²) in [6.45, 7) is 0.627. The van der Waals surface area contributed by atoms with Crippen LogP contribution in [0.25, 0.3) is 10.8 Å². The van der Waals surface area contributed by atoms with Crippen molar-refractivity contribution in [3.8, 4) is 0 Å². The van der Waals surface area contributed by atoms with Gasteiger partial charge in [0, 0.05) is 11.9 Å². The highest BCUT2D eigenvalue weighted by atomic mass is 16.2. The summed E-state index contributed by atoms with van der Waals surface area (Å²) in [6.07, 6.45) is 1.55. The lowest BCUT2D eigenvalue weighted by molar-refractivity contribution is 0.0654. The van der Waals surface area contributed by atoms with Gasteiger partial charge in [0.1, 0.15) is 5.69 Å². The van der Waals surface area contributed by atoms with Crippen molar-refractivity contribution in [3.63, 3.8) is 0 Å². The van der Waals surface area contributed by atoms with E-state index in [1.54, 1.807) is 12.1 Å². The number of rotatable bonds is 3. The maximum absolute atomic E-state index is 13.6. The number of hydrogen-bond donors (Lipinski definition) is 1. The number of carbonyl (C=O) groups excluding carboxylic acids is 1. The van der Waals surface area contributed by atoms with Crippen LogP contribution in [0.4, 0.5) is 0 Å². The highest BCUT2D eigenvalue weighted by Gasteiger charge is 2.31. The van der Waals surface area contributed by atoms with Gasteiger partial charge in [-0.1, -0.05) is 72.8 Å². The standard InChI is InChI=1S/C26H22N2O2/c29-25-22-13-7-5-11-20(22)17-23(27-25)26(30)28-15-14-19-10-4-6-12-21(19)24(28)16-18-8-2-1-3-9-18/h1-13,17,24H,14-16H2,(H,27,29)/t24-/m1/s1. The van der Waals surface area contributed by atoms with Gasteiger partial charge >= 0.3 is 0 Å². The SMILES string of the molecule is O=C(c1cc2ccccc2c(=O)[nH]1)N1CCc2ccccc2[C@H]1Cc1ccccc1. The molecule has 0 unspecified atom stereocenters. The molecule has 4 aromatic rings. The number of amides is 1. The minimum absolute atomic E-state index is 0.0696. The summed E-state index contributed by atoms with van der Waals surface area (Å²) in [5, 5.41) is 1.38. The third-order valence-corrected chi connectivity index (χ3v) is 5.93. The predicted octanol–water partition coefficient (Wildman–Crippen LogP) is 4.51. The average molecular weight is 394 g/mol. The number of aromatic amines is 1. The third-order valence-electron chi connectivity index (χ3n) is 5.93. The first-order valence-corrected chi connectivity index (χ1v) is 10.3. The van der Waals surface area contributed by atoms with Crippen molar-refractivity contribution in [2.24, 2.45) is 0 Å².